The number of anilines is 1. The Bertz CT molecular complexity index is 820. The van der Waals surface area contributed by atoms with Crippen LogP contribution in [0.5, 0.6) is 0 Å². The fourth-order valence-corrected chi connectivity index (χ4v) is 3.38. The molecule has 130 valence electrons. The molecule has 0 aromatic carbocycles. The molecule has 0 radical (unpaired) electrons. The minimum Gasteiger partial charge on any atom is -0.378 e. The van der Waals surface area contributed by atoms with Gasteiger partial charge in [-0.2, -0.15) is 5.26 Å². The molecule has 1 N–H and O–H groups in total. The number of morpholine rings is 1. The summed E-state index contributed by atoms with van der Waals surface area (Å²) in [6.07, 6.45) is 6.40. The molecule has 4 rings (SSSR count). The molecule has 8 heteroatoms. The van der Waals surface area contributed by atoms with E-state index in [-0.39, 0.29) is 11.9 Å². The molecule has 1 atom stereocenters. The number of carbonyl (C=O) groups is 1. The summed E-state index contributed by atoms with van der Waals surface area (Å²) in [6, 6.07) is 4.00. The molecule has 2 aliphatic rings. The molecule has 2 fully saturated rings. The molecule has 0 spiro atoms. The summed E-state index contributed by atoms with van der Waals surface area (Å²) in [5, 5.41) is 11.9. The van der Waals surface area contributed by atoms with Crippen LogP contribution in [-0.4, -0.2) is 65.6 Å². The van der Waals surface area contributed by atoms with Gasteiger partial charge in [0.05, 0.1) is 19.4 Å². The zero-order chi connectivity index (χ0) is 17.2. The van der Waals surface area contributed by atoms with E-state index in [0.29, 0.717) is 18.8 Å². The van der Waals surface area contributed by atoms with Gasteiger partial charge in [-0.05, 0) is 12.5 Å². The standard InChI is InChI=1S/C17H20N6O2/c18-12-21-3-1-13(11-21)20-17(24)15-10-19-16-9-14(2-4-23(15)16)22-5-7-25-8-6-22/h2,4,9-10,13H,1,3,5-8,11H2,(H,20,24). The topological polar surface area (TPSA) is 85.9 Å². The van der Waals surface area contributed by atoms with Crippen LogP contribution in [-0.2, 0) is 4.74 Å². The van der Waals surface area contributed by atoms with Gasteiger partial charge in [0.1, 0.15) is 11.3 Å². The van der Waals surface area contributed by atoms with Crippen molar-refractivity contribution in [1.29, 1.82) is 5.26 Å². The van der Waals surface area contributed by atoms with Crippen molar-refractivity contribution in [3.63, 3.8) is 0 Å². The van der Waals surface area contributed by atoms with Gasteiger partial charge in [0, 0.05) is 50.2 Å². The second-order valence-electron chi connectivity index (χ2n) is 6.36. The summed E-state index contributed by atoms with van der Waals surface area (Å²) in [6.45, 7) is 4.45. The number of ether oxygens (including phenoxy) is 1. The van der Waals surface area contributed by atoms with Crippen LogP contribution < -0.4 is 10.2 Å². The van der Waals surface area contributed by atoms with Crippen molar-refractivity contribution in [3.05, 3.63) is 30.2 Å². The lowest BCUT2D eigenvalue weighted by molar-refractivity contribution is 0.0933. The van der Waals surface area contributed by atoms with Crippen molar-refractivity contribution < 1.29 is 9.53 Å². The van der Waals surface area contributed by atoms with Crippen LogP contribution in [0.3, 0.4) is 0 Å². The van der Waals surface area contributed by atoms with Crippen molar-refractivity contribution in [2.45, 2.75) is 12.5 Å². The lowest BCUT2D eigenvalue weighted by atomic mass is 10.2. The maximum absolute atomic E-state index is 12.6. The van der Waals surface area contributed by atoms with Gasteiger partial charge in [0.2, 0.25) is 0 Å². The molecular weight excluding hydrogens is 320 g/mol. The number of hydrogen-bond acceptors (Lipinski definition) is 6. The predicted molar refractivity (Wildman–Crippen MR) is 91.3 cm³/mol. The lowest BCUT2D eigenvalue weighted by Crippen LogP contribution is -2.37. The maximum Gasteiger partial charge on any atom is 0.270 e. The first-order valence-electron chi connectivity index (χ1n) is 8.50. The third-order valence-corrected chi connectivity index (χ3v) is 4.77. The summed E-state index contributed by atoms with van der Waals surface area (Å²) in [5.41, 5.74) is 2.35. The number of hydrogen-bond donors (Lipinski definition) is 1. The highest BCUT2D eigenvalue weighted by Gasteiger charge is 2.24. The Kier molecular flexibility index (Phi) is 4.15. The minimum atomic E-state index is -0.156. The second kappa shape index (κ2) is 6.61. The highest BCUT2D eigenvalue weighted by Crippen LogP contribution is 2.19. The third-order valence-electron chi connectivity index (χ3n) is 4.77. The molecule has 25 heavy (non-hydrogen) atoms. The van der Waals surface area contributed by atoms with E-state index in [0.717, 1.165) is 44.1 Å². The first-order valence-corrected chi connectivity index (χ1v) is 8.50. The van der Waals surface area contributed by atoms with Crippen LogP contribution in [0, 0.1) is 11.5 Å². The van der Waals surface area contributed by atoms with E-state index in [1.165, 1.54) is 0 Å². The minimum absolute atomic E-state index is 0.00493. The fraction of sp³-hybridized carbons (Fsp3) is 0.471. The zero-order valence-electron chi connectivity index (χ0n) is 13.9. The quantitative estimate of drug-likeness (QED) is 0.817. The molecule has 2 aliphatic heterocycles. The van der Waals surface area contributed by atoms with Crippen LogP contribution in [0.4, 0.5) is 5.69 Å². The number of rotatable bonds is 3. The van der Waals surface area contributed by atoms with E-state index in [9.17, 15) is 4.79 Å². The van der Waals surface area contributed by atoms with Crippen LogP contribution >= 0.6 is 0 Å². The molecule has 0 saturated carbocycles. The first kappa shape index (κ1) is 15.7. The summed E-state index contributed by atoms with van der Waals surface area (Å²) in [7, 11) is 0. The average molecular weight is 340 g/mol. The van der Waals surface area contributed by atoms with E-state index in [1.807, 2.05) is 18.3 Å². The molecule has 8 nitrogen and oxygen atoms in total. The van der Waals surface area contributed by atoms with Gasteiger partial charge < -0.3 is 19.9 Å². The highest BCUT2D eigenvalue weighted by molar-refractivity contribution is 5.93. The smallest absolute Gasteiger partial charge is 0.270 e. The van der Waals surface area contributed by atoms with Gasteiger partial charge >= 0.3 is 0 Å². The van der Waals surface area contributed by atoms with Crippen LogP contribution in [0.1, 0.15) is 16.9 Å². The number of nitrogens with one attached hydrogen (secondary N) is 1. The summed E-state index contributed by atoms with van der Waals surface area (Å²) < 4.78 is 7.19. The Hall–Kier alpha value is -2.79. The van der Waals surface area contributed by atoms with E-state index >= 15 is 0 Å². The Morgan fingerprint density at radius 3 is 2.96 bits per heavy atom. The SMILES string of the molecule is N#CN1CCC(NC(=O)c2cnc3cc(N4CCOCC4)ccn23)C1. The second-order valence-corrected chi connectivity index (χ2v) is 6.36. The largest absolute Gasteiger partial charge is 0.378 e. The van der Waals surface area contributed by atoms with Gasteiger partial charge in [-0.25, -0.2) is 4.98 Å². The number of aromatic nitrogens is 2. The number of carbonyl (C=O) groups excluding carboxylic acids is 1. The Morgan fingerprint density at radius 1 is 1.36 bits per heavy atom. The number of imidazole rings is 1. The molecule has 1 unspecified atom stereocenters. The first-order chi connectivity index (χ1) is 12.2. The monoisotopic (exact) mass is 340 g/mol. The van der Waals surface area contributed by atoms with E-state index in [2.05, 4.69) is 21.4 Å². The number of amides is 1. The number of nitrogens with zero attached hydrogens (tertiary/aromatic N) is 5. The van der Waals surface area contributed by atoms with Gasteiger partial charge in [-0.3, -0.25) is 9.20 Å². The van der Waals surface area contributed by atoms with E-state index in [4.69, 9.17) is 10.00 Å². The maximum atomic E-state index is 12.6. The molecule has 4 heterocycles. The van der Waals surface area contributed by atoms with Crippen molar-refractivity contribution in [2.24, 2.45) is 0 Å². The molecular formula is C17H20N6O2. The van der Waals surface area contributed by atoms with E-state index < -0.39 is 0 Å². The molecule has 2 aromatic rings. The number of pyridine rings is 1. The number of likely N-dealkylation sites (tertiary alicyclic amines) is 1. The van der Waals surface area contributed by atoms with Crippen LogP contribution in [0.15, 0.2) is 24.5 Å². The highest BCUT2D eigenvalue weighted by atomic mass is 16.5. The van der Waals surface area contributed by atoms with Crippen molar-refractivity contribution in [2.75, 3.05) is 44.3 Å². The molecule has 0 bridgehead atoms. The predicted octanol–water partition coefficient (Wildman–Crippen LogP) is 0.456. The fourth-order valence-electron chi connectivity index (χ4n) is 3.38. The molecule has 0 aliphatic carbocycles. The van der Waals surface area contributed by atoms with Gasteiger partial charge in [0.25, 0.3) is 5.91 Å². The number of nitriles is 1. The third kappa shape index (κ3) is 3.10. The summed E-state index contributed by atoms with van der Waals surface area (Å²) >= 11 is 0. The van der Waals surface area contributed by atoms with Gasteiger partial charge in [0.15, 0.2) is 6.19 Å². The van der Waals surface area contributed by atoms with Crippen molar-refractivity contribution in [1.82, 2.24) is 19.6 Å². The van der Waals surface area contributed by atoms with Crippen LogP contribution in [0.2, 0.25) is 0 Å². The lowest BCUT2D eigenvalue weighted by Gasteiger charge is -2.28. The molecule has 2 aromatic heterocycles. The Morgan fingerprint density at radius 2 is 2.20 bits per heavy atom. The Balaban J connectivity index is 1.50. The Labute approximate surface area is 145 Å². The summed E-state index contributed by atoms with van der Waals surface area (Å²) in [4.78, 5) is 20.9. The van der Waals surface area contributed by atoms with E-state index in [1.54, 1.807) is 15.5 Å². The van der Waals surface area contributed by atoms with Crippen molar-refractivity contribution >= 4 is 17.2 Å². The van der Waals surface area contributed by atoms with Gasteiger partial charge in [-0.1, -0.05) is 0 Å². The average Bonchev–Trinajstić information content (AvgIpc) is 3.28. The van der Waals surface area contributed by atoms with Crippen LogP contribution in [0.25, 0.3) is 5.65 Å². The number of fused-ring (bicyclic) bond motifs is 1. The molecule has 2 saturated heterocycles. The normalized spacial score (nSPS) is 20.7. The van der Waals surface area contributed by atoms with Gasteiger partial charge in [-0.15, -0.1) is 0 Å². The summed E-state index contributed by atoms with van der Waals surface area (Å²) in [5.74, 6) is -0.156. The molecule has 1 amide bonds. The zero-order valence-corrected chi connectivity index (χ0v) is 13.9. The van der Waals surface area contributed by atoms with Crippen molar-refractivity contribution in [3.8, 4) is 6.19 Å².